The van der Waals surface area contributed by atoms with E-state index in [4.69, 9.17) is 18.3 Å². The van der Waals surface area contributed by atoms with E-state index in [0.29, 0.717) is 5.56 Å². The van der Waals surface area contributed by atoms with Gasteiger partial charge in [-0.25, -0.2) is 9.36 Å². The molecule has 0 N–H and O–H groups in total. The van der Waals surface area contributed by atoms with Gasteiger partial charge in [-0.15, -0.1) is 0 Å². The normalized spacial score (nSPS) is 13.4. The van der Waals surface area contributed by atoms with Gasteiger partial charge in [0.25, 0.3) is 5.69 Å². The zero-order valence-electron chi connectivity index (χ0n) is 17.0. The average molecular weight is 437 g/mol. The molecule has 30 heavy (non-hydrogen) atoms. The summed E-state index contributed by atoms with van der Waals surface area (Å²) < 4.78 is 34.9. The second-order valence-corrected chi connectivity index (χ2v) is 7.54. The van der Waals surface area contributed by atoms with E-state index in [1.54, 1.807) is 51.1 Å². The molecule has 0 heterocycles. The van der Waals surface area contributed by atoms with Crippen molar-refractivity contribution < 1.29 is 32.6 Å². The molecule has 0 fully saturated rings. The predicted molar refractivity (Wildman–Crippen MR) is 109 cm³/mol. The molecule has 0 aliphatic heterocycles. The number of phosphoric ester groups is 1. The average Bonchev–Trinajstić information content (AvgIpc) is 2.73. The van der Waals surface area contributed by atoms with Crippen molar-refractivity contribution in [2.45, 2.75) is 26.4 Å². The van der Waals surface area contributed by atoms with Gasteiger partial charge in [0.1, 0.15) is 0 Å². The molecule has 1 unspecified atom stereocenters. The summed E-state index contributed by atoms with van der Waals surface area (Å²) in [6.45, 7) is 4.87. The van der Waals surface area contributed by atoms with Crippen molar-refractivity contribution in [2.24, 2.45) is 0 Å². The van der Waals surface area contributed by atoms with E-state index in [9.17, 15) is 19.5 Å². The van der Waals surface area contributed by atoms with Crippen molar-refractivity contribution in [1.29, 1.82) is 0 Å². The maximum atomic E-state index is 13.3. The van der Waals surface area contributed by atoms with Crippen molar-refractivity contribution in [2.75, 3.05) is 19.8 Å². The standard InChI is InChI=1S/C20H24NO8P/c1-4-26-19(22)20(16-10-8-7-9-11-16,29-30(25,27-5-2)28-6-3)17-12-14-18(15-13-17)21(23)24/h7-15H,4-6H2,1-3H3. The first-order valence-corrected chi connectivity index (χ1v) is 10.9. The van der Waals surface area contributed by atoms with Crippen LogP contribution in [0.3, 0.4) is 0 Å². The van der Waals surface area contributed by atoms with Crippen LogP contribution in [0, 0.1) is 10.1 Å². The molecule has 2 aromatic rings. The Hall–Kier alpha value is -2.58. The summed E-state index contributed by atoms with van der Waals surface area (Å²) in [5.74, 6) is -0.857. The van der Waals surface area contributed by atoms with Gasteiger partial charge in [-0.05, 0) is 32.9 Å². The molecule has 0 aliphatic rings. The minimum atomic E-state index is -4.21. The molecule has 0 amide bonds. The van der Waals surface area contributed by atoms with E-state index in [1.807, 2.05) is 0 Å². The summed E-state index contributed by atoms with van der Waals surface area (Å²) in [5.41, 5.74) is -1.73. The van der Waals surface area contributed by atoms with Crippen molar-refractivity contribution in [3.8, 4) is 0 Å². The third kappa shape index (κ3) is 5.12. The number of nitro benzene ring substituents is 1. The first kappa shape index (κ1) is 23.7. The van der Waals surface area contributed by atoms with Crippen LogP contribution in [0.2, 0.25) is 0 Å². The third-order valence-corrected chi connectivity index (χ3v) is 5.70. The van der Waals surface area contributed by atoms with Crippen LogP contribution in [0.4, 0.5) is 5.69 Å². The largest absolute Gasteiger partial charge is 0.476 e. The number of nitrogens with zero attached hydrogens (tertiary/aromatic N) is 1. The fourth-order valence-electron chi connectivity index (χ4n) is 2.84. The van der Waals surface area contributed by atoms with Gasteiger partial charge < -0.3 is 4.74 Å². The summed E-state index contributed by atoms with van der Waals surface area (Å²) >= 11 is 0. The molecular formula is C20H24NO8P. The van der Waals surface area contributed by atoms with E-state index < -0.39 is 24.3 Å². The number of ether oxygens (including phenoxy) is 1. The number of non-ortho nitro benzene ring substituents is 1. The van der Waals surface area contributed by atoms with Crippen LogP contribution in [0.15, 0.2) is 54.6 Å². The lowest BCUT2D eigenvalue weighted by molar-refractivity contribution is -0.384. The predicted octanol–water partition coefficient (Wildman–Crippen LogP) is 4.60. The lowest BCUT2D eigenvalue weighted by Crippen LogP contribution is -2.41. The molecule has 0 radical (unpaired) electrons. The first-order valence-electron chi connectivity index (χ1n) is 9.40. The SMILES string of the molecule is CCOC(=O)C(OP(=O)(OCC)OCC)(c1ccccc1)c1ccc([N+](=O)[O-])cc1. The Morgan fingerprint density at radius 3 is 1.93 bits per heavy atom. The van der Waals surface area contributed by atoms with Crippen LogP contribution >= 0.6 is 7.82 Å². The summed E-state index contributed by atoms with van der Waals surface area (Å²) in [4.78, 5) is 23.8. The Bertz CT molecular complexity index is 893. The minimum absolute atomic E-state index is 0.00519. The van der Waals surface area contributed by atoms with Crippen LogP contribution < -0.4 is 0 Å². The molecule has 0 aromatic heterocycles. The fourth-order valence-corrected chi connectivity index (χ4v) is 4.28. The number of phosphoric acid groups is 1. The molecule has 9 nitrogen and oxygen atoms in total. The molecule has 2 aromatic carbocycles. The molecule has 10 heteroatoms. The number of hydrogen-bond donors (Lipinski definition) is 0. The Balaban J connectivity index is 2.76. The minimum Gasteiger partial charge on any atom is -0.463 e. The Morgan fingerprint density at radius 1 is 0.933 bits per heavy atom. The Morgan fingerprint density at radius 2 is 1.47 bits per heavy atom. The van der Waals surface area contributed by atoms with E-state index in [0.717, 1.165) is 0 Å². The smallest absolute Gasteiger partial charge is 0.463 e. The molecule has 0 spiro atoms. The summed E-state index contributed by atoms with van der Waals surface area (Å²) in [5, 5.41) is 11.1. The topological polar surface area (TPSA) is 114 Å². The molecule has 0 saturated heterocycles. The highest BCUT2D eigenvalue weighted by Crippen LogP contribution is 2.57. The van der Waals surface area contributed by atoms with E-state index in [2.05, 4.69) is 0 Å². The van der Waals surface area contributed by atoms with Crippen molar-refractivity contribution in [3.05, 3.63) is 75.8 Å². The van der Waals surface area contributed by atoms with Crippen molar-refractivity contribution >= 4 is 19.5 Å². The van der Waals surface area contributed by atoms with Crippen molar-refractivity contribution in [3.63, 3.8) is 0 Å². The first-order chi connectivity index (χ1) is 14.3. The summed E-state index contributed by atoms with van der Waals surface area (Å²) in [7, 11) is -4.21. The van der Waals surface area contributed by atoms with Crippen LogP contribution in [0.1, 0.15) is 31.9 Å². The molecular weight excluding hydrogens is 413 g/mol. The Labute approximate surface area is 174 Å². The van der Waals surface area contributed by atoms with Gasteiger partial charge in [0.05, 0.1) is 24.7 Å². The molecule has 2 rings (SSSR count). The van der Waals surface area contributed by atoms with Crippen LogP contribution in [-0.2, 0) is 33.3 Å². The lowest BCUT2D eigenvalue weighted by atomic mass is 9.86. The highest BCUT2D eigenvalue weighted by Gasteiger charge is 2.51. The highest BCUT2D eigenvalue weighted by molar-refractivity contribution is 7.48. The van der Waals surface area contributed by atoms with Gasteiger partial charge in [0.2, 0.25) is 5.60 Å². The second-order valence-electron chi connectivity index (χ2n) is 5.95. The number of hydrogen-bond acceptors (Lipinski definition) is 8. The second kappa shape index (κ2) is 10.4. The Kier molecular flexibility index (Phi) is 8.25. The highest BCUT2D eigenvalue weighted by atomic mass is 31.2. The van der Waals surface area contributed by atoms with Gasteiger partial charge in [-0.2, -0.15) is 0 Å². The van der Waals surface area contributed by atoms with Crippen molar-refractivity contribution in [1.82, 2.24) is 0 Å². The van der Waals surface area contributed by atoms with E-state index in [-0.39, 0.29) is 31.1 Å². The number of esters is 1. The molecule has 1 atom stereocenters. The molecule has 162 valence electrons. The quantitative estimate of drug-likeness (QED) is 0.217. The van der Waals surface area contributed by atoms with E-state index in [1.165, 1.54) is 24.3 Å². The van der Waals surface area contributed by atoms with Crippen LogP contribution in [0.5, 0.6) is 0 Å². The number of rotatable bonds is 11. The third-order valence-electron chi connectivity index (χ3n) is 4.05. The summed E-state index contributed by atoms with van der Waals surface area (Å²) in [6, 6.07) is 13.4. The zero-order valence-corrected chi connectivity index (χ0v) is 17.9. The molecule has 0 saturated carbocycles. The number of benzene rings is 2. The van der Waals surface area contributed by atoms with Gasteiger partial charge in [0.15, 0.2) is 0 Å². The van der Waals surface area contributed by atoms with Gasteiger partial charge in [-0.1, -0.05) is 30.3 Å². The fraction of sp³-hybridized carbons (Fsp3) is 0.350. The van der Waals surface area contributed by atoms with Crippen LogP contribution in [0.25, 0.3) is 0 Å². The number of carbonyl (C=O) groups excluding carboxylic acids is 1. The molecule has 0 aliphatic carbocycles. The van der Waals surface area contributed by atoms with E-state index >= 15 is 0 Å². The lowest BCUT2D eigenvalue weighted by Gasteiger charge is -2.34. The maximum absolute atomic E-state index is 13.3. The molecule has 0 bridgehead atoms. The van der Waals surface area contributed by atoms with Gasteiger partial charge >= 0.3 is 13.8 Å². The van der Waals surface area contributed by atoms with Crippen LogP contribution in [-0.4, -0.2) is 30.7 Å². The van der Waals surface area contributed by atoms with Gasteiger partial charge in [0, 0.05) is 23.3 Å². The maximum Gasteiger partial charge on any atom is 0.476 e. The number of carbonyl (C=O) groups is 1. The monoisotopic (exact) mass is 437 g/mol. The zero-order chi connectivity index (χ0) is 22.2. The van der Waals surface area contributed by atoms with Gasteiger partial charge in [-0.3, -0.25) is 23.7 Å². The summed E-state index contributed by atoms with van der Waals surface area (Å²) in [6.07, 6.45) is 0. The number of nitro groups is 1.